The third-order valence-electron chi connectivity index (χ3n) is 4.34. The van der Waals surface area contributed by atoms with Crippen molar-refractivity contribution in [1.82, 2.24) is 4.90 Å². The minimum atomic E-state index is -2.83. The van der Waals surface area contributed by atoms with Gasteiger partial charge in [-0.25, -0.2) is 4.39 Å². The van der Waals surface area contributed by atoms with E-state index in [4.69, 9.17) is 4.74 Å². The molecule has 1 saturated heterocycles. The number of hydrogen-bond acceptors (Lipinski definition) is 3. The fraction of sp³-hybridized carbons (Fsp3) is 0.400. The summed E-state index contributed by atoms with van der Waals surface area (Å²) in [5.41, 5.74) is 1.86. The van der Waals surface area contributed by atoms with E-state index in [1.807, 2.05) is 6.07 Å². The van der Waals surface area contributed by atoms with E-state index in [0.717, 1.165) is 37.1 Å². The lowest BCUT2D eigenvalue weighted by Gasteiger charge is -2.25. The maximum atomic E-state index is 13.5. The average molecular weight is 365 g/mol. The molecule has 1 heterocycles. The Balaban J connectivity index is 1.67. The van der Waals surface area contributed by atoms with Gasteiger partial charge in [-0.3, -0.25) is 4.90 Å². The quantitative estimate of drug-likeness (QED) is 0.682. The van der Waals surface area contributed by atoms with Gasteiger partial charge in [-0.1, -0.05) is 24.3 Å². The highest BCUT2D eigenvalue weighted by Crippen LogP contribution is 2.20. The van der Waals surface area contributed by atoms with Gasteiger partial charge in [0.25, 0.3) is 0 Å². The predicted molar refractivity (Wildman–Crippen MR) is 92.6 cm³/mol. The van der Waals surface area contributed by atoms with Crippen LogP contribution in [0.1, 0.15) is 24.0 Å². The van der Waals surface area contributed by atoms with Gasteiger partial charge in [-0.15, -0.1) is 0 Å². The molecule has 6 heteroatoms. The van der Waals surface area contributed by atoms with Gasteiger partial charge in [-0.2, -0.15) is 8.78 Å². The van der Waals surface area contributed by atoms with Gasteiger partial charge < -0.3 is 9.47 Å². The first kappa shape index (κ1) is 18.7. The highest BCUT2D eigenvalue weighted by molar-refractivity contribution is 5.27. The highest BCUT2D eigenvalue weighted by atomic mass is 19.3. The smallest absolute Gasteiger partial charge is 0.387 e. The van der Waals surface area contributed by atoms with Crippen LogP contribution in [0.15, 0.2) is 48.5 Å². The van der Waals surface area contributed by atoms with Crippen molar-refractivity contribution in [3.63, 3.8) is 0 Å². The van der Waals surface area contributed by atoms with Gasteiger partial charge in [0.05, 0.1) is 6.10 Å². The Morgan fingerprint density at radius 1 is 1.08 bits per heavy atom. The SMILES string of the molecule is Fc1cccc(CN(Cc2ccc(OC(F)F)cc2)CC2CCCO2)c1. The molecule has 1 atom stereocenters. The van der Waals surface area contributed by atoms with Crippen LogP contribution in [0.2, 0.25) is 0 Å². The maximum Gasteiger partial charge on any atom is 0.387 e. The minimum Gasteiger partial charge on any atom is -0.435 e. The molecule has 3 rings (SSSR count). The molecule has 1 aliphatic rings. The van der Waals surface area contributed by atoms with Crippen molar-refractivity contribution in [1.29, 1.82) is 0 Å². The van der Waals surface area contributed by atoms with Crippen LogP contribution >= 0.6 is 0 Å². The van der Waals surface area contributed by atoms with Crippen molar-refractivity contribution in [2.24, 2.45) is 0 Å². The van der Waals surface area contributed by atoms with E-state index in [2.05, 4.69) is 9.64 Å². The molecule has 1 fully saturated rings. The summed E-state index contributed by atoms with van der Waals surface area (Å²) in [5.74, 6) is -0.118. The van der Waals surface area contributed by atoms with E-state index in [-0.39, 0.29) is 17.7 Å². The zero-order valence-corrected chi connectivity index (χ0v) is 14.4. The molecule has 0 aliphatic carbocycles. The molecule has 140 valence electrons. The molecule has 2 aromatic carbocycles. The van der Waals surface area contributed by atoms with Gasteiger partial charge in [0, 0.05) is 26.2 Å². The fourth-order valence-corrected chi connectivity index (χ4v) is 3.19. The molecule has 0 N–H and O–H groups in total. The largest absolute Gasteiger partial charge is 0.435 e. The molecule has 1 unspecified atom stereocenters. The molecular formula is C20H22F3NO2. The van der Waals surface area contributed by atoms with Crippen LogP contribution in [0.5, 0.6) is 5.75 Å². The molecule has 3 nitrogen and oxygen atoms in total. The van der Waals surface area contributed by atoms with Crippen LogP contribution in [0.3, 0.4) is 0 Å². The first-order chi connectivity index (χ1) is 12.6. The maximum absolute atomic E-state index is 13.5. The predicted octanol–water partition coefficient (Wildman–Crippen LogP) is 4.61. The average Bonchev–Trinajstić information content (AvgIpc) is 3.09. The Labute approximate surface area is 151 Å². The van der Waals surface area contributed by atoms with Gasteiger partial charge in [-0.05, 0) is 48.2 Å². The molecule has 0 amide bonds. The van der Waals surface area contributed by atoms with E-state index < -0.39 is 6.61 Å². The van der Waals surface area contributed by atoms with Crippen LogP contribution < -0.4 is 4.74 Å². The Kier molecular flexibility index (Phi) is 6.52. The zero-order chi connectivity index (χ0) is 18.4. The zero-order valence-electron chi connectivity index (χ0n) is 14.4. The number of ether oxygens (including phenoxy) is 2. The summed E-state index contributed by atoms with van der Waals surface area (Å²) >= 11 is 0. The molecule has 0 aromatic heterocycles. The summed E-state index contributed by atoms with van der Waals surface area (Å²) < 4.78 is 48.1. The summed E-state index contributed by atoms with van der Waals surface area (Å²) in [6.45, 7) is -0.104. The molecule has 0 saturated carbocycles. The number of nitrogens with zero attached hydrogens (tertiary/aromatic N) is 1. The summed E-state index contributed by atoms with van der Waals surface area (Å²) in [5, 5.41) is 0. The standard InChI is InChI=1S/C20H22F3NO2/c21-17-4-1-3-16(11-17)13-24(14-19-5-2-10-25-19)12-15-6-8-18(9-7-15)26-20(22)23/h1,3-4,6-9,11,19-20H,2,5,10,12-14H2. The van der Waals surface area contributed by atoms with Crippen molar-refractivity contribution in [3.05, 3.63) is 65.5 Å². The van der Waals surface area contributed by atoms with Crippen LogP contribution in [-0.2, 0) is 17.8 Å². The van der Waals surface area contributed by atoms with Gasteiger partial charge in [0.15, 0.2) is 0 Å². The van der Waals surface area contributed by atoms with Crippen molar-refractivity contribution >= 4 is 0 Å². The van der Waals surface area contributed by atoms with Gasteiger partial charge >= 0.3 is 6.61 Å². The summed E-state index contributed by atoms with van der Waals surface area (Å²) in [7, 11) is 0. The number of rotatable bonds is 8. The third-order valence-corrected chi connectivity index (χ3v) is 4.34. The second kappa shape index (κ2) is 9.05. The minimum absolute atomic E-state index is 0.138. The Morgan fingerprint density at radius 2 is 1.85 bits per heavy atom. The monoisotopic (exact) mass is 365 g/mol. The first-order valence-electron chi connectivity index (χ1n) is 8.70. The third kappa shape index (κ3) is 5.75. The van der Waals surface area contributed by atoms with Crippen LogP contribution in [0.25, 0.3) is 0 Å². The summed E-state index contributed by atoms with van der Waals surface area (Å²) in [6, 6.07) is 13.2. The van der Waals surface area contributed by atoms with Crippen molar-refractivity contribution in [2.75, 3.05) is 13.2 Å². The van der Waals surface area contributed by atoms with E-state index in [0.29, 0.717) is 13.1 Å². The first-order valence-corrected chi connectivity index (χ1v) is 8.70. The normalized spacial score (nSPS) is 17.2. The van der Waals surface area contributed by atoms with Crippen molar-refractivity contribution < 1.29 is 22.6 Å². The molecule has 0 bridgehead atoms. The van der Waals surface area contributed by atoms with E-state index in [9.17, 15) is 13.2 Å². The number of benzene rings is 2. The molecule has 2 aromatic rings. The van der Waals surface area contributed by atoms with Gasteiger partial charge in [0.1, 0.15) is 11.6 Å². The molecule has 0 radical (unpaired) electrons. The number of hydrogen-bond donors (Lipinski definition) is 0. The Bertz CT molecular complexity index is 688. The van der Waals surface area contributed by atoms with E-state index in [1.165, 1.54) is 24.3 Å². The topological polar surface area (TPSA) is 21.7 Å². The molecule has 26 heavy (non-hydrogen) atoms. The second-order valence-electron chi connectivity index (χ2n) is 6.46. The lowest BCUT2D eigenvalue weighted by molar-refractivity contribution is -0.0498. The lowest BCUT2D eigenvalue weighted by Crippen LogP contribution is -2.31. The summed E-state index contributed by atoms with van der Waals surface area (Å²) in [6.07, 6.45) is 2.24. The Hall–Kier alpha value is -2.05. The fourth-order valence-electron chi connectivity index (χ4n) is 3.19. The Morgan fingerprint density at radius 3 is 2.50 bits per heavy atom. The van der Waals surface area contributed by atoms with E-state index >= 15 is 0 Å². The van der Waals surface area contributed by atoms with Crippen molar-refractivity contribution in [3.8, 4) is 5.75 Å². The molecule has 0 spiro atoms. The van der Waals surface area contributed by atoms with Crippen LogP contribution in [-0.4, -0.2) is 30.8 Å². The molecule has 1 aliphatic heterocycles. The second-order valence-corrected chi connectivity index (χ2v) is 6.46. The number of halogens is 3. The number of alkyl halides is 2. The van der Waals surface area contributed by atoms with Crippen LogP contribution in [0.4, 0.5) is 13.2 Å². The lowest BCUT2D eigenvalue weighted by atomic mass is 10.1. The highest BCUT2D eigenvalue weighted by Gasteiger charge is 2.20. The molecular weight excluding hydrogens is 343 g/mol. The van der Waals surface area contributed by atoms with Crippen molar-refractivity contribution in [2.45, 2.75) is 38.6 Å². The summed E-state index contributed by atoms with van der Waals surface area (Å²) in [4.78, 5) is 2.19. The van der Waals surface area contributed by atoms with Crippen LogP contribution in [0, 0.1) is 5.82 Å². The van der Waals surface area contributed by atoms with Gasteiger partial charge in [0.2, 0.25) is 0 Å². The van der Waals surface area contributed by atoms with E-state index in [1.54, 1.807) is 18.2 Å².